The van der Waals surface area contributed by atoms with Gasteiger partial charge in [0.05, 0.1) is 23.0 Å². The van der Waals surface area contributed by atoms with Crippen molar-refractivity contribution >= 4 is 32.7 Å². The molecule has 4 rings (SSSR count). The molecule has 0 bridgehead atoms. The number of fused-ring (bicyclic) bond motifs is 1. The monoisotopic (exact) mass is 454 g/mol. The van der Waals surface area contributed by atoms with Crippen molar-refractivity contribution in [3.63, 3.8) is 0 Å². The first kappa shape index (κ1) is 21.5. The Morgan fingerprint density at radius 1 is 1.22 bits per heavy atom. The van der Waals surface area contributed by atoms with Gasteiger partial charge in [0, 0.05) is 30.9 Å². The van der Waals surface area contributed by atoms with Crippen LogP contribution in [0.5, 0.6) is 0 Å². The normalized spacial score (nSPS) is 11.6. The van der Waals surface area contributed by atoms with Crippen LogP contribution in [-0.4, -0.2) is 36.3 Å². The molecule has 0 aliphatic carbocycles. The van der Waals surface area contributed by atoms with Crippen LogP contribution in [0.3, 0.4) is 0 Å². The van der Waals surface area contributed by atoms with Gasteiger partial charge in [-0.2, -0.15) is 5.10 Å². The van der Waals surface area contributed by atoms with Gasteiger partial charge in [-0.3, -0.25) is 14.2 Å². The Balaban J connectivity index is 1.63. The maximum absolute atomic E-state index is 12.9. The number of anilines is 1. The van der Waals surface area contributed by atoms with E-state index in [1.165, 1.54) is 31.3 Å². The number of carbonyl (C=O) groups excluding carboxylic acids is 1. The summed E-state index contributed by atoms with van der Waals surface area (Å²) in [7, 11) is -2.52. The average molecular weight is 455 g/mol. The molecule has 0 fully saturated rings. The summed E-state index contributed by atoms with van der Waals surface area (Å²) in [5.41, 5.74) is 8.95. The number of amides is 1. The smallest absolute Gasteiger partial charge is 0.263 e. The SMILES string of the molecule is CNC(=O)c1cccc(S(=O)(=O)Nc2noc3cc(Cn4cc(CN)cn4)cc(C)c23)c1. The number of rotatable bonds is 7. The molecule has 0 saturated carbocycles. The highest BCUT2D eigenvalue weighted by Crippen LogP contribution is 2.30. The van der Waals surface area contributed by atoms with E-state index in [0.29, 0.717) is 24.1 Å². The second kappa shape index (κ2) is 8.44. The fourth-order valence-corrected chi connectivity index (χ4v) is 4.48. The Hall–Kier alpha value is -3.70. The molecule has 2 aromatic heterocycles. The molecule has 0 spiro atoms. The summed E-state index contributed by atoms with van der Waals surface area (Å²) in [6, 6.07) is 9.46. The third kappa shape index (κ3) is 4.20. The van der Waals surface area contributed by atoms with E-state index in [1.807, 2.05) is 19.2 Å². The summed E-state index contributed by atoms with van der Waals surface area (Å²) >= 11 is 0. The number of nitrogens with one attached hydrogen (secondary N) is 2. The first-order valence-electron chi connectivity index (χ1n) is 9.76. The standard InChI is InChI=1S/C21H22N6O4S/c1-13-6-14(11-27-12-15(9-22)10-24-27)7-18-19(13)20(25-31-18)26-32(29,30)17-5-3-4-16(8-17)21(28)23-2/h3-8,10,12H,9,11,22H2,1-2H3,(H,23,28)(H,25,26). The van der Waals surface area contributed by atoms with E-state index in [2.05, 4.69) is 20.3 Å². The second-order valence-corrected chi connectivity index (χ2v) is 8.96. The highest BCUT2D eigenvalue weighted by molar-refractivity contribution is 7.92. The molecule has 0 radical (unpaired) electrons. The maximum atomic E-state index is 12.9. The third-order valence-electron chi connectivity index (χ3n) is 4.96. The zero-order chi connectivity index (χ0) is 22.9. The van der Waals surface area contributed by atoms with Crippen LogP contribution in [0.1, 0.15) is 27.0 Å². The van der Waals surface area contributed by atoms with Gasteiger partial charge in [-0.15, -0.1) is 0 Å². The van der Waals surface area contributed by atoms with Gasteiger partial charge in [-0.05, 0) is 42.3 Å². The molecule has 1 amide bonds. The molecule has 0 aliphatic heterocycles. The lowest BCUT2D eigenvalue weighted by Gasteiger charge is -2.08. The van der Waals surface area contributed by atoms with Crippen LogP contribution >= 0.6 is 0 Å². The van der Waals surface area contributed by atoms with Crippen molar-refractivity contribution in [2.75, 3.05) is 11.8 Å². The number of aromatic nitrogens is 3. The van der Waals surface area contributed by atoms with Crippen LogP contribution in [0.15, 0.2) is 58.2 Å². The minimum absolute atomic E-state index is 0.0570. The van der Waals surface area contributed by atoms with Crippen molar-refractivity contribution in [1.82, 2.24) is 20.3 Å². The van der Waals surface area contributed by atoms with E-state index in [9.17, 15) is 13.2 Å². The van der Waals surface area contributed by atoms with Gasteiger partial charge in [-0.25, -0.2) is 8.42 Å². The molecule has 0 unspecified atom stereocenters. The Morgan fingerprint density at radius 2 is 2.03 bits per heavy atom. The van der Waals surface area contributed by atoms with Crippen LogP contribution in [0.2, 0.25) is 0 Å². The molecule has 2 aromatic carbocycles. The molecule has 0 atom stereocenters. The van der Waals surface area contributed by atoms with E-state index >= 15 is 0 Å². The second-order valence-electron chi connectivity index (χ2n) is 7.28. The Kier molecular flexibility index (Phi) is 5.68. The van der Waals surface area contributed by atoms with E-state index in [-0.39, 0.29) is 22.2 Å². The molecule has 166 valence electrons. The van der Waals surface area contributed by atoms with Crippen molar-refractivity contribution in [3.8, 4) is 0 Å². The Morgan fingerprint density at radius 3 is 2.75 bits per heavy atom. The molecule has 11 heteroatoms. The molecule has 0 aliphatic rings. The first-order chi connectivity index (χ1) is 15.3. The molecular formula is C21H22N6O4S. The summed E-state index contributed by atoms with van der Waals surface area (Å²) < 4.78 is 35.5. The largest absolute Gasteiger partial charge is 0.355 e. The van der Waals surface area contributed by atoms with Crippen LogP contribution in [-0.2, 0) is 23.1 Å². The quantitative estimate of drug-likeness (QED) is 0.387. The summed E-state index contributed by atoms with van der Waals surface area (Å²) in [6.07, 6.45) is 3.58. The van der Waals surface area contributed by atoms with Crippen molar-refractivity contribution in [2.24, 2.45) is 5.73 Å². The van der Waals surface area contributed by atoms with E-state index < -0.39 is 10.0 Å². The van der Waals surface area contributed by atoms with Crippen LogP contribution in [0, 0.1) is 6.92 Å². The molecule has 0 saturated heterocycles. The predicted octanol–water partition coefficient (Wildman–Crippen LogP) is 2.00. The number of nitrogens with two attached hydrogens (primary N) is 1. The summed E-state index contributed by atoms with van der Waals surface area (Å²) in [6.45, 7) is 2.77. The maximum Gasteiger partial charge on any atom is 0.263 e. The van der Waals surface area contributed by atoms with Crippen molar-refractivity contribution < 1.29 is 17.7 Å². The van der Waals surface area contributed by atoms with Gasteiger partial charge in [0.25, 0.3) is 15.9 Å². The van der Waals surface area contributed by atoms with Crippen molar-refractivity contribution in [2.45, 2.75) is 24.9 Å². The van der Waals surface area contributed by atoms with Crippen LogP contribution < -0.4 is 15.8 Å². The zero-order valence-corrected chi connectivity index (χ0v) is 18.3. The number of benzene rings is 2. The Labute approximate surface area is 184 Å². The Bertz CT molecular complexity index is 1410. The lowest BCUT2D eigenvalue weighted by molar-refractivity contribution is 0.0963. The number of sulfonamides is 1. The van der Waals surface area contributed by atoms with Gasteiger partial charge in [0.15, 0.2) is 11.4 Å². The minimum Gasteiger partial charge on any atom is -0.355 e. The fourth-order valence-electron chi connectivity index (χ4n) is 3.42. The fraction of sp³-hybridized carbons (Fsp3) is 0.190. The van der Waals surface area contributed by atoms with Crippen molar-refractivity contribution in [3.05, 3.63) is 71.0 Å². The topological polar surface area (TPSA) is 145 Å². The van der Waals surface area contributed by atoms with Crippen LogP contribution in [0.25, 0.3) is 11.0 Å². The van der Waals surface area contributed by atoms with Gasteiger partial charge < -0.3 is 15.6 Å². The van der Waals surface area contributed by atoms with Gasteiger partial charge >= 0.3 is 0 Å². The first-order valence-corrected chi connectivity index (χ1v) is 11.2. The van der Waals surface area contributed by atoms with E-state index in [4.69, 9.17) is 10.3 Å². The molecule has 4 N–H and O–H groups in total. The van der Waals surface area contributed by atoms with E-state index in [0.717, 1.165) is 16.7 Å². The molecule has 2 heterocycles. The molecule has 4 aromatic rings. The minimum atomic E-state index is -3.99. The highest BCUT2D eigenvalue weighted by Gasteiger charge is 2.21. The number of hydrogen-bond acceptors (Lipinski definition) is 7. The lowest BCUT2D eigenvalue weighted by Crippen LogP contribution is -2.19. The van der Waals surface area contributed by atoms with Gasteiger partial charge in [0.1, 0.15) is 0 Å². The van der Waals surface area contributed by atoms with Crippen molar-refractivity contribution in [1.29, 1.82) is 0 Å². The number of nitrogens with zero attached hydrogens (tertiary/aromatic N) is 3. The zero-order valence-electron chi connectivity index (χ0n) is 17.5. The van der Waals surface area contributed by atoms with E-state index in [1.54, 1.807) is 16.9 Å². The molecule has 32 heavy (non-hydrogen) atoms. The lowest BCUT2D eigenvalue weighted by atomic mass is 10.1. The third-order valence-corrected chi connectivity index (χ3v) is 6.30. The highest BCUT2D eigenvalue weighted by atomic mass is 32.2. The van der Waals surface area contributed by atoms with Gasteiger partial charge in [0.2, 0.25) is 0 Å². The predicted molar refractivity (Wildman–Crippen MR) is 119 cm³/mol. The number of carbonyl (C=O) groups is 1. The summed E-state index contributed by atoms with van der Waals surface area (Å²) in [4.78, 5) is 11.8. The summed E-state index contributed by atoms with van der Waals surface area (Å²) in [5, 5.41) is 11.2. The average Bonchev–Trinajstić information content (AvgIpc) is 3.40. The van der Waals surface area contributed by atoms with Crippen LogP contribution in [0.4, 0.5) is 5.82 Å². The molecule has 10 nitrogen and oxygen atoms in total. The summed E-state index contributed by atoms with van der Waals surface area (Å²) in [5.74, 6) is -0.299. The molecular weight excluding hydrogens is 432 g/mol. The number of aryl methyl sites for hydroxylation is 1. The van der Waals surface area contributed by atoms with Gasteiger partial charge in [-0.1, -0.05) is 17.3 Å². The number of hydrogen-bond donors (Lipinski definition) is 3.